The molecule has 0 aromatic heterocycles. The second-order valence-corrected chi connectivity index (χ2v) is 6.83. The summed E-state index contributed by atoms with van der Waals surface area (Å²) in [4.78, 5) is 12.2. The minimum absolute atomic E-state index is 0.00485. The highest BCUT2D eigenvalue weighted by Gasteiger charge is 2.51. The van der Waals surface area contributed by atoms with E-state index in [1.165, 1.54) is 25.3 Å². The van der Waals surface area contributed by atoms with Crippen molar-refractivity contribution in [3.05, 3.63) is 53.8 Å². The zero-order chi connectivity index (χ0) is 18.9. The van der Waals surface area contributed by atoms with Gasteiger partial charge in [0.25, 0.3) is 0 Å². The molecule has 3 rings (SSSR count). The fourth-order valence-corrected chi connectivity index (χ4v) is 3.86. The van der Waals surface area contributed by atoms with Crippen LogP contribution in [0, 0.1) is 23.5 Å². The summed E-state index contributed by atoms with van der Waals surface area (Å²) >= 11 is 0. The number of carbonyl (C=O) groups excluding carboxylic acids is 1. The van der Waals surface area contributed by atoms with Crippen molar-refractivity contribution >= 4 is 5.78 Å². The SMILES string of the molecule is C=CC[C@H]1C[C@]2([C@H](C)Cc3cc(F)c(OC)c(F)c3)OCOC2=CC1=O. The molecule has 0 N–H and O–H groups in total. The Labute approximate surface area is 151 Å². The lowest BCUT2D eigenvalue weighted by molar-refractivity contribution is -0.123. The van der Waals surface area contributed by atoms with Crippen molar-refractivity contribution < 1.29 is 27.8 Å². The number of fused-ring (bicyclic) bond motifs is 1. The molecule has 1 aliphatic carbocycles. The number of hydrogen-bond acceptors (Lipinski definition) is 4. The van der Waals surface area contributed by atoms with Crippen LogP contribution >= 0.6 is 0 Å². The molecule has 1 saturated heterocycles. The molecule has 0 bridgehead atoms. The third kappa shape index (κ3) is 3.14. The van der Waals surface area contributed by atoms with Crippen LogP contribution in [0.5, 0.6) is 5.75 Å². The van der Waals surface area contributed by atoms with Crippen molar-refractivity contribution in [2.75, 3.05) is 13.9 Å². The van der Waals surface area contributed by atoms with E-state index in [4.69, 9.17) is 14.2 Å². The van der Waals surface area contributed by atoms with Gasteiger partial charge in [-0.1, -0.05) is 13.0 Å². The van der Waals surface area contributed by atoms with Gasteiger partial charge in [0.2, 0.25) is 0 Å². The van der Waals surface area contributed by atoms with Gasteiger partial charge < -0.3 is 14.2 Å². The van der Waals surface area contributed by atoms with E-state index in [9.17, 15) is 13.6 Å². The highest BCUT2D eigenvalue weighted by molar-refractivity contribution is 5.93. The number of rotatable bonds is 6. The van der Waals surface area contributed by atoms with Crippen molar-refractivity contribution in [1.29, 1.82) is 0 Å². The molecule has 6 heteroatoms. The van der Waals surface area contributed by atoms with Gasteiger partial charge >= 0.3 is 0 Å². The molecule has 0 spiro atoms. The van der Waals surface area contributed by atoms with Crippen LogP contribution in [-0.2, 0) is 20.7 Å². The third-order valence-electron chi connectivity index (χ3n) is 5.22. The smallest absolute Gasteiger partial charge is 0.190 e. The Balaban J connectivity index is 1.88. The average Bonchev–Trinajstić information content (AvgIpc) is 2.99. The van der Waals surface area contributed by atoms with Gasteiger partial charge in [-0.25, -0.2) is 8.78 Å². The Bertz CT molecular complexity index is 735. The molecular formula is C20H22F2O4. The van der Waals surface area contributed by atoms with Gasteiger partial charge in [-0.15, -0.1) is 6.58 Å². The zero-order valence-electron chi connectivity index (χ0n) is 14.9. The molecule has 1 aliphatic heterocycles. The fraction of sp³-hybridized carbons (Fsp3) is 0.450. The van der Waals surface area contributed by atoms with Crippen LogP contribution in [-0.4, -0.2) is 25.3 Å². The Hall–Kier alpha value is -2.21. The highest BCUT2D eigenvalue weighted by Crippen LogP contribution is 2.46. The minimum atomic E-state index is -0.769. The molecule has 3 atom stereocenters. The maximum absolute atomic E-state index is 14.0. The molecular weight excluding hydrogens is 342 g/mol. The van der Waals surface area contributed by atoms with Crippen LogP contribution < -0.4 is 4.74 Å². The molecule has 2 aliphatic rings. The number of ketones is 1. The number of methoxy groups -OCH3 is 1. The van der Waals surface area contributed by atoms with Gasteiger partial charge in [-0.2, -0.15) is 0 Å². The maximum atomic E-state index is 14.0. The topological polar surface area (TPSA) is 44.8 Å². The summed E-state index contributed by atoms with van der Waals surface area (Å²) in [5.74, 6) is -1.76. The summed E-state index contributed by atoms with van der Waals surface area (Å²) in [6.45, 7) is 5.70. The molecule has 1 heterocycles. The van der Waals surface area contributed by atoms with Crippen molar-refractivity contribution in [1.82, 2.24) is 0 Å². The van der Waals surface area contributed by atoms with E-state index in [0.29, 0.717) is 30.6 Å². The first-order valence-electron chi connectivity index (χ1n) is 8.57. The lowest BCUT2D eigenvalue weighted by Gasteiger charge is -2.38. The molecule has 1 aromatic carbocycles. The number of allylic oxidation sites excluding steroid dienone is 2. The third-order valence-corrected chi connectivity index (χ3v) is 5.22. The summed E-state index contributed by atoms with van der Waals surface area (Å²) in [6.07, 6.45) is 4.59. The highest BCUT2D eigenvalue weighted by atomic mass is 19.1. The second-order valence-electron chi connectivity index (χ2n) is 6.83. The summed E-state index contributed by atoms with van der Waals surface area (Å²) in [7, 11) is 1.22. The molecule has 0 amide bonds. The molecule has 0 unspecified atom stereocenters. The van der Waals surface area contributed by atoms with Crippen LogP contribution in [0.3, 0.4) is 0 Å². The van der Waals surface area contributed by atoms with E-state index in [-0.39, 0.29) is 24.4 Å². The molecule has 0 radical (unpaired) electrons. The first-order chi connectivity index (χ1) is 12.4. The molecule has 4 nitrogen and oxygen atoms in total. The van der Waals surface area contributed by atoms with Gasteiger partial charge in [0.1, 0.15) is 11.4 Å². The average molecular weight is 364 g/mol. The maximum Gasteiger partial charge on any atom is 0.190 e. The second kappa shape index (κ2) is 7.19. The molecule has 0 saturated carbocycles. The number of carbonyl (C=O) groups is 1. The molecule has 140 valence electrons. The van der Waals surface area contributed by atoms with E-state index >= 15 is 0 Å². The van der Waals surface area contributed by atoms with Gasteiger partial charge in [0, 0.05) is 12.0 Å². The largest absolute Gasteiger partial charge is 0.491 e. The van der Waals surface area contributed by atoms with Gasteiger partial charge in [-0.3, -0.25) is 4.79 Å². The number of hydrogen-bond donors (Lipinski definition) is 0. The van der Waals surface area contributed by atoms with E-state index in [0.717, 1.165) is 0 Å². The summed E-state index contributed by atoms with van der Waals surface area (Å²) in [5.41, 5.74) is -0.274. The van der Waals surface area contributed by atoms with Crippen molar-refractivity contribution in [3.8, 4) is 5.75 Å². The first-order valence-corrected chi connectivity index (χ1v) is 8.57. The van der Waals surface area contributed by atoms with Crippen LogP contribution in [0.25, 0.3) is 0 Å². The predicted molar refractivity (Wildman–Crippen MR) is 91.6 cm³/mol. The van der Waals surface area contributed by atoms with Crippen molar-refractivity contribution in [2.24, 2.45) is 11.8 Å². The Morgan fingerprint density at radius 1 is 1.42 bits per heavy atom. The Morgan fingerprint density at radius 3 is 2.73 bits per heavy atom. The van der Waals surface area contributed by atoms with Gasteiger partial charge in [-0.05, 0) is 42.9 Å². The lowest BCUT2D eigenvalue weighted by atomic mass is 9.71. The summed E-state index contributed by atoms with van der Waals surface area (Å²) in [6, 6.07) is 2.53. The quantitative estimate of drug-likeness (QED) is 0.717. The van der Waals surface area contributed by atoms with Gasteiger partial charge in [0.05, 0.1) is 7.11 Å². The normalized spacial score (nSPS) is 25.9. The predicted octanol–water partition coefficient (Wildman–Crippen LogP) is 3.94. The summed E-state index contributed by atoms with van der Waals surface area (Å²) < 4.78 is 44.2. The van der Waals surface area contributed by atoms with Crippen LogP contribution in [0.1, 0.15) is 25.3 Å². The number of benzene rings is 1. The Kier molecular flexibility index (Phi) is 5.14. The monoisotopic (exact) mass is 364 g/mol. The van der Waals surface area contributed by atoms with E-state index in [1.54, 1.807) is 6.08 Å². The number of ether oxygens (including phenoxy) is 3. The number of halogens is 2. The summed E-state index contributed by atoms with van der Waals surface area (Å²) in [5, 5.41) is 0. The van der Waals surface area contributed by atoms with Crippen molar-refractivity contribution in [3.63, 3.8) is 0 Å². The minimum Gasteiger partial charge on any atom is -0.491 e. The van der Waals surface area contributed by atoms with Crippen molar-refractivity contribution in [2.45, 2.75) is 31.8 Å². The standard InChI is InChI=1S/C20H22F2O4/c1-4-5-14-10-20(18(9-17(14)23)25-11-26-20)12(2)6-13-7-15(21)19(24-3)16(22)8-13/h4,7-9,12,14H,1,5-6,10-11H2,2-3H3/t12-,14+,20-/m1/s1. The lowest BCUT2D eigenvalue weighted by Crippen LogP contribution is -2.44. The molecule has 1 fully saturated rings. The van der Waals surface area contributed by atoms with E-state index in [1.807, 2.05) is 6.92 Å². The first kappa shape index (κ1) is 18.6. The van der Waals surface area contributed by atoms with Crippen LogP contribution in [0.4, 0.5) is 8.78 Å². The molecule has 1 aromatic rings. The van der Waals surface area contributed by atoms with Crippen LogP contribution in [0.15, 0.2) is 36.6 Å². The van der Waals surface area contributed by atoms with E-state index in [2.05, 4.69) is 6.58 Å². The van der Waals surface area contributed by atoms with Crippen LogP contribution in [0.2, 0.25) is 0 Å². The van der Waals surface area contributed by atoms with E-state index < -0.39 is 23.0 Å². The Morgan fingerprint density at radius 2 is 2.12 bits per heavy atom. The molecule has 26 heavy (non-hydrogen) atoms. The zero-order valence-corrected chi connectivity index (χ0v) is 14.9. The van der Waals surface area contributed by atoms with Gasteiger partial charge in [0.15, 0.2) is 30.0 Å². The fourth-order valence-electron chi connectivity index (χ4n) is 3.86.